The highest BCUT2D eigenvalue weighted by Crippen LogP contribution is 2.33. The van der Waals surface area contributed by atoms with E-state index in [9.17, 15) is 10.1 Å². The number of benzene rings is 1. The topological polar surface area (TPSA) is 80.6 Å². The van der Waals surface area contributed by atoms with Crippen molar-refractivity contribution in [1.29, 1.82) is 5.26 Å². The fourth-order valence-corrected chi connectivity index (χ4v) is 2.43. The number of carbonyl (C=O) groups is 1. The van der Waals surface area contributed by atoms with Gasteiger partial charge in [0, 0.05) is 13.2 Å². The molecule has 1 saturated heterocycles. The van der Waals surface area contributed by atoms with E-state index in [0.717, 1.165) is 19.4 Å². The van der Waals surface area contributed by atoms with Crippen molar-refractivity contribution in [3.05, 3.63) is 29.3 Å². The first kappa shape index (κ1) is 14.4. The van der Waals surface area contributed by atoms with Crippen molar-refractivity contribution >= 4 is 12.0 Å². The monoisotopic (exact) mass is 300 g/mol. The molecule has 1 N–H and O–H groups in total. The highest BCUT2D eigenvalue weighted by Gasteiger charge is 2.18. The van der Waals surface area contributed by atoms with Crippen molar-refractivity contribution in [3.8, 4) is 17.6 Å². The molecule has 1 amide bonds. The molecular formula is C16H16N2O4. The van der Waals surface area contributed by atoms with Crippen LogP contribution in [-0.4, -0.2) is 32.0 Å². The molecule has 0 spiro atoms. The molecule has 2 heterocycles. The van der Waals surface area contributed by atoms with E-state index in [1.807, 2.05) is 6.07 Å². The maximum Gasteiger partial charge on any atom is 0.262 e. The van der Waals surface area contributed by atoms with E-state index < -0.39 is 5.91 Å². The number of hydrogen-bond donors (Lipinski definition) is 1. The molecule has 0 radical (unpaired) electrons. The summed E-state index contributed by atoms with van der Waals surface area (Å²) in [5.74, 6) is 0.889. The van der Waals surface area contributed by atoms with E-state index in [-0.39, 0.29) is 18.5 Å². The minimum absolute atomic E-state index is 0.0504. The first-order valence-corrected chi connectivity index (χ1v) is 7.17. The van der Waals surface area contributed by atoms with Gasteiger partial charge in [-0.05, 0) is 36.6 Å². The Morgan fingerprint density at radius 2 is 2.27 bits per heavy atom. The van der Waals surface area contributed by atoms with Crippen LogP contribution in [0.1, 0.15) is 18.4 Å². The first-order chi connectivity index (χ1) is 10.8. The molecule has 1 aromatic carbocycles. The molecule has 6 nitrogen and oxygen atoms in total. The fraction of sp³-hybridized carbons (Fsp3) is 0.375. The van der Waals surface area contributed by atoms with E-state index in [0.29, 0.717) is 23.6 Å². The lowest BCUT2D eigenvalue weighted by molar-refractivity contribution is -0.117. The van der Waals surface area contributed by atoms with Crippen LogP contribution in [0.15, 0.2) is 23.8 Å². The van der Waals surface area contributed by atoms with Gasteiger partial charge in [-0.3, -0.25) is 4.79 Å². The highest BCUT2D eigenvalue weighted by atomic mass is 16.7. The number of rotatable bonds is 4. The molecule has 1 aromatic rings. The Balaban J connectivity index is 1.67. The molecule has 0 saturated carbocycles. The number of ether oxygens (including phenoxy) is 3. The van der Waals surface area contributed by atoms with Gasteiger partial charge in [0.05, 0.1) is 6.10 Å². The summed E-state index contributed by atoms with van der Waals surface area (Å²) in [6.45, 7) is 1.35. The largest absolute Gasteiger partial charge is 0.454 e. The molecule has 0 aliphatic carbocycles. The van der Waals surface area contributed by atoms with Crippen LogP contribution >= 0.6 is 0 Å². The van der Waals surface area contributed by atoms with Crippen molar-refractivity contribution < 1.29 is 19.0 Å². The summed E-state index contributed by atoms with van der Waals surface area (Å²) >= 11 is 0. The predicted octanol–water partition coefficient (Wildman–Crippen LogP) is 1.62. The third-order valence-corrected chi connectivity index (χ3v) is 3.59. The zero-order valence-corrected chi connectivity index (χ0v) is 12.0. The smallest absolute Gasteiger partial charge is 0.262 e. The van der Waals surface area contributed by atoms with Gasteiger partial charge in [-0.1, -0.05) is 6.07 Å². The lowest BCUT2D eigenvalue weighted by Gasteiger charge is -2.10. The molecular weight excluding hydrogens is 284 g/mol. The maximum atomic E-state index is 12.1. The van der Waals surface area contributed by atoms with E-state index in [1.54, 1.807) is 18.2 Å². The van der Waals surface area contributed by atoms with Crippen LogP contribution in [0.3, 0.4) is 0 Å². The average molecular weight is 300 g/mol. The summed E-state index contributed by atoms with van der Waals surface area (Å²) in [6.07, 6.45) is 3.54. The summed E-state index contributed by atoms with van der Waals surface area (Å²) in [7, 11) is 0. The Bertz CT molecular complexity index is 642. The van der Waals surface area contributed by atoms with E-state index in [1.165, 1.54) is 6.08 Å². The SMILES string of the molecule is N#C/C(=C\c1ccc2c(c1)OCO2)C(=O)NC[C@H]1CCCO1. The molecule has 2 aliphatic heterocycles. The van der Waals surface area contributed by atoms with Gasteiger partial charge in [-0.15, -0.1) is 0 Å². The summed E-state index contributed by atoms with van der Waals surface area (Å²) < 4.78 is 15.9. The lowest BCUT2D eigenvalue weighted by Crippen LogP contribution is -2.32. The van der Waals surface area contributed by atoms with Crippen LogP contribution in [0.4, 0.5) is 0 Å². The van der Waals surface area contributed by atoms with Gasteiger partial charge in [-0.2, -0.15) is 5.26 Å². The maximum absolute atomic E-state index is 12.1. The van der Waals surface area contributed by atoms with E-state index >= 15 is 0 Å². The van der Waals surface area contributed by atoms with Crippen LogP contribution in [0.25, 0.3) is 6.08 Å². The first-order valence-electron chi connectivity index (χ1n) is 7.17. The summed E-state index contributed by atoms with van der Waals surface area (Å²) in [4.78, 5) is 12.1. The molecule has 22 heavy (non-hydrogen) atoms. The second kappa shape index (κ2) is 6.50. The highest BCUT2D eigenvalue weighted by molar-refractivity contribution is 6.01. The van der Waals surface area contributed by atoms with E-state index in [4.69, 9.17) is 14.2 Å². The number of fused-ring (bicyclic) bond motifs is 1. The second-order valence-corrected chi connectivity index (χ2v) is 5.13. The Morgan fingerprint density at radius 1 is 1.41 bits per heavy atom. The van der Waals surface area contributed by atoms with Crippen LogP contribution in [0.5, 0.6) is 11.5 Å². The number of carbonyl (C=O) groups excluding carboxylic acids is 1. The van der Waals surface area contributed by atoms with Crippen molar-refractivity contribution in [3.63, 3.8) is 0 Å². The van der Waals surface area contributed by atoms with Crippen molar-refractivity contribution in [2.45, 2.75) is 18.9 Å². The third kappa shape index (κ3) is 3.21. The zero-order chi connectivity index (χ0) is 15.4. The number of nitrogens with one attached hydrogen (secondary N) is 1. The third-order valence-electron chi connectivity index (χ3n) is 3.59. The second-order valence-electron chi connectivity index (χ2n) is 5.13. The minimum atomic E-state index is -0.393. The molecule has 6 heteroatoms. The molecule has 114 valence electrons. The number of nitrogens with zero attached hydrogens (tertiary/aromatic N) is 1. The summed E-state index contributed by atoms with van der Waals surface area (Å²) in [6, 6.07) is 7.21. The Morgan fingerprint density at radius 3 is 3.05 bits per heavy atom. The molecule has 2 aliphatic rings. The molecule has 1 fully saturated rings. The lowest BCUT2D eigenvalue weighted by atomic mass is 10.1. The van der Waals surface area contributed by atoms with Crippen molar-refractivity contribution in [2.24, 2.45) is 0 Å². The molecule has 0 aromatic heterocycles. The Labute approximate surface area is 128 Å². The van der Waals surface area contributed by atoms with Crippen LogP contribution in [0, 0.1) is 11.3 Å². The number of hydrogen-bond acceptors (Lipinski definition) is 5. The molecule has 0 unspecified atom stereocenters. The predicted molar refractivity (Wildman–Crippen MR) is 78.1 cm³/mol. The van der Waals surface area contributed by atoms with E-state index in [2.05, 4.69) is 5.32 Å². The molecule has 0 bridgehead atoms. The normalized spacial score (nSPS) is 19.8. The Kier molecular flexibility index (Phi) is 4.26. The van der Waals surface area contributed by atoms with Gasteiger partial charge in [0.15, 0.2) is 11.5 Å². The standard InChI is InChI=1S/C16H16N2O4/c17-8-12(16(19)18-9-13-2-1-5-20-13)6-11-3-4-14-15(7-11)22-10-21-14/h3-4,6-7,13H,1-2,5,9-10H2,(H,18,19)/b12-6+/t13-/m1/s1. The quantitative estimate of drug-likeness (QED) is 0.675. The van der Waals surface area contributed by atoms with Crippen molar-refractivity contribution in [1.82, 2.24) is 5.32 Å². The van der Waals surface area contributed by atoms with Crippen molar-refractivity contribution in [2.75, 3.05) is 19.9 Å². The molecule has 3 rings (SSSR count). The van der Waals surface area contributed by atoms with Crippen LogP contribution < -0.4 is 14.8 Å². The number of amides is 1. The van der Waals surface area contributed by atoms with Gasteiger partial charge < -0.3 is 19.5 Å². The Hall–Kier alpha value is -2.52. The fourth-order valence-electron chi connectivity index (χ4n) is 2.43. The number of nitriles is 1. The van der Waals surface area contributed by atoms with Gasteiger partial charge >= 0.3 is 0 Å². The van der Waals surface area contributed by atoms with Gasteiger partial charge in [-0.25, -0.2) is 0 Å². The van der Waals surface area contributed by atoms with Crippen LogP contribution in [-0.2, 0) is 9.53 Å². The summed E-state index contributed by atoms with van der Waals surface area (Å²) in [5, 5.41) is 11.9. The van der Waals surface area contributed by atoms with Gasteiger partial charge in [0.2, 0.25) is 6.79 Å². The zero-order valence-electron chi connectivity index (χ0n) is 12.0. The van der Waals surface area contributed by atoms with Gasteiger partial charge in [0.1, 0.15) is 11.6 Å². The average Bonchev–Trinajstić information content (AvgIpc) is 3.20. The minimum Gasteiger partial charge on any atom is -0.454 e. The van der Waals surface area contributed by atoms with Crippen LogP contribution in [0.2, 0.25) is 0 Å². The van der Waals surface area contributed by atoms with Gasteiger partial charge in [0.25, 0.3) is 5.91 Å². The summed E-state index contributed by atoms with van der Waals surface area (Å²) in [5.41, 5.74) is 0.768. The molecule has 1 atom stereocenters.